The zero-order valence-electron chi connectivity index (χ0n) is 9.38. The van der Waals surface area contributed by atoms with E-state index in [4.69, 9.17) is 10.2 Å². The number of phenols is 1. The monoisotopic (exact) mass is 235 g/mol. The fraction of sp³-hybridized carbons (Fsp3) is 0.333. The van der Waals surface area contributed by atoms with Crippen LogP contribution in [0.4, 0.5) is 5.69 Å². The molecule has 1 aliphatic carbocycles. The third-order valence-corrected chi connectivity index (χ3v) is 3.11. The Morgan fingerprint density at radius 3 is 2.18 bits per heavy atom. The summed E-state index contributed by atoms with van der Waals surface area (Å²) in [7, 11) is 1.54. The molecule has 5 heteroatoms. The summed E-state index contributed by atoms with van der Waals surface area (Å²) in [6, 6.07) is 6.06. The average Bonchev–Trinajstić information content (AvgIpc) is 3.09. The predicted octanol–water partition coefficient (Wildman–Crippen LogP) is 1.22. The van der Waals surface area contributed by atoms with Crippen molar-refractivity contribution in [1.29, 1.82) is 0 Å². The highest BCUT2D eigenvalue weighted by Gasteiger charge is 2.58. The molecule has 2 rings (SSSR count). The summed E-state index contributed by atoms with van der Waals surface area (Å²) in [5, 5.41) is 18.2. The van der Waals surface area contributed by atoms with E-state index in [2.05, 4.69) is 0 Å². The van der Waals surface area contributed by atoms with Gasteiger partial charge in [0.15, 0.2) is 0 Å². The van der Waals surface area contributed by atoms with Gasteiger partial charge in [0.25, 0.3) is 0 Å². The number of aliphatic carboxylic acids is 1. The Morgan fingerprint density at radius 2 is 1.76 bits per heavy atom. The van der Waals surface area contributed by atoms with E-state index in [1.165, 1.54) is 24.1 Å². The van der Waals surface area contributed by atoms with Gasteiger partial charge >= 0.3 is 5.97 Å². The van der Waals surface area contributed by atoms with E-state index in [0.717, 1.165) is 0 Å². The van der Waals surface area contributed by atoms with Crippen LogP contribution in [0.3, 0.4) is 0 Å². The highest BCUT2D eigenvalue weighted by atomic mass is 16.4. The minimum atomic E-state index is -1.23. The second-order valence-corrected chi connectivity index (χ2v) is 4.27. The maximum absolute atomic E-state index is 12.0. The molecule has 5 nitrogen and oxygen atoms in total. The number of rotatable bonds is 3. The van der Waals surface area contributed by atoms with Crippen LogP contribution in [0.5, 0.6) is 5.75 Å². The van der Waals surface area contributed by atoms with Crippen LogP contribution in [0.25, 0.3) is 0 Å². The first-order valence-corrected chi connectivity index (χ1v) is 5.28. The fourth-order valence-corrected chi connectivity index (χ4v) is 1.76. The van der Waals surface area contributed by atoms with Crippen LogP contribution in [0.1, 0.15) is 12.8 Å². The fourth-order valence-electron chi connectivity index (χ4n) is 1.76. The van der Waals surface area contributed by atoms with Crippen LogP contribution in [0.15, 0.2) is 24.3 Å². The van der Waals surface area contributed by atoms with Gasteiger partial charge in [0, 0.05) is 12.7 Å². The molecule has 1 aromatic rings. The summed E-state index contributed by atoms with van der Waals surface area (Å²) < 4.78 is 0. The number of hydrogen-bond acceptors (Lipinski definition) is 3. The Kier molecular flexibility index (Phi) is 2.53. The third kappa shape index (κ3) is 1.84. The molecule has 1 amide bonds. The van der Waals surface area contributed by atoms with Crippen molar-refractivity contribution in [3.05, 3.63) is 24.3 Å². The summed E-state index contributed by atoms with van der Waals surface area (Å²) in [5.74, 6) is -1.36. The van der Waals surface area contributed by atoms with Crippen LogP contribution in [-0.2, 0) is 9.59 Å². The highest BCUT2D eigenvalue weighted by molar-refractivity contribution is 6.11. The van der Waals surface area contributed by atoms with Gasteiger partial charge in [-0.05, 0) is 37.1 Å². The van der Waals surface area contributed by atoms with Gasteiger partial charge in [0.05, 0.1) is 0 Å². The van der Waals surface area contributed by atoms with Crippen molar-refractivity contribution in [2.45, 2.75) is 12.8 Å². The van der Waals surface area contributed by atoms with Gasteiger partial charge in [0.1, 0.15) is 11.2 Å². The number of amides is 1. The number of nitrogens with zero attached hydrogens (tertiary/aromatic N) is 1. The zero-order valence-corrected chi connectivity index (χ0v) is 9.38. The van der Waals surface area contributed by atoms with Crippen molar-refractivity contribution >= 4 is 17.6 Å². The molecule has 1 aliphatic rings. The van der Waals surface area contributed by atoms with Gasteiger partial charge in [-0.1, -0.05) is 0 Å². The smallest absolute Gasteiger partial charge is 0.319 e. The van der Waals surface area contributed by atoms with E-state index < -0.39 is 17.3 Å². The molecule has 0 aromatic heterocycles. The quantitative estimate of drug-likeness (QED) is 0.772. The van der Waals surface area contributed by atoms with Crippen LogP contribution in [-0.4, -0.2) is 29.1 Å². The molecule has 0 atom stereocenters. The molecule has 1 fully saturated rings. The molecule has 90 valence electrons. The van der Waals surface area contributed by atoms with Crippen molar-refractivity contribution < 1.29 is 19.8 Å². The lowest BCUT2D eigenvalue weighted by atomic mass is 10.1. The first-order valence-electron chi connectivity index (χ1n) is 5.28. The molecular formula is C12H13NO4. The SMILES string of the molecule is CN(C(=O)C1(C(=O)O)CC1)c1ccc(O)cc1. The number of carbonyl (C=O) groups excluding carboxylic acids is 1. The van der Waals surface area contributed by atoms with Crippen molar-refractivity contribution in [2.75, 3.05) is 11.9 Å². The molecule has 0 saturated heterocycles. The summed E-state index contributed by atoms with van der Waals surface area (Å²) in [4.78, 5) is 24.4. The van der Waals surface area contributed by atoms with Crippen LogP contribution in [0, 0.1) is 5.41 Å². The van der Waals surface area contributed by atoms with Crippen molar-refractivity contribution in [1.82, 2.24) is 0 Å². The maximum Gasteiger partial charge on any atom is 0.319 e. The number of carboxylic acids is 1. The van der Waals surface area contributed by atoms with E-state index in [1.807, 2.05) is 0 Å². The lowest BCUT2D eigenvalue weighted by molar-refractivity contribution is -0.148. The third-order valence-electron chi connectivity index (χ3n) is 3.11. The molecule has 0 radical (unpaired) electrons. The Hall–Kier alpha value is -2.04. The summed E-state index contributed by atoms with van der Waals surface area (Å²) >= 11 is 0. The van der Waals surface area contributed by atoms with E-state index in [9.17, 15) is 9.59 Å². The summed E-state index contributed by atoms with van der Waals surface area (Å²) in [6.07, 6.45) is 0.785. The number of aromatic hydroxyl groups is 1. The van der Waals surface area contributed by atoms with Crippen molar-refractivity contribution in [3.8, 4) is 5.75 Å². The second-order valence-electron chi connectivity index (χ2n) is 4.27. The molecule has 1 saturated carbocycles. The van der Waals surface area contributed by atoms with Gasteiger partial charge in [-0.25, -0.2) is 0 Å². The molecule has 0 aliphatic heterocycles. The average molecular weight is 235 g/mol. The Morgan fingerprint density at radius 1 is 1.24 bits per heavy atom. The van der Waals surface area contributed by atoms with Crippen LogP contribution in [0.2, 0.25) is 0 Å². The van der Waals surface area contributed by atoms with Crippen LogP contribution < -0.4 is 4.90 Å². The van der Waals surface area contributed by atoms with Gasteiger partial charge in [-0.2, -0.15) is 0 Å². The van der Waals surface area contributed by atoms with Crippen molar-refractivity contribution in [3.63, 3.8) is 0 Å². The van der Waals surface area contributed by atoms with Crippen molar-refractivity contribution in [2.24, 2.45) is 5.41 Å². The normalized spacial score (nSPS) is 16.3. The molecule has 0 spiro atoms. The number of anilines is 1. The van der Waals surface area contributed by atoms with Gasteiger partial charge in [-0.15, -0.1) is 0 Å². The molecule has 0 bridgehead atoms. The number of carbonyl (C=O) groups is 2. The zero-order chi connectivity index (χ0) is 12.6. The first kappa shape index (κ1) is 11.4. The first-order chi connectivity index (χ1) is 7.97. The molecular weight excluding hydrogens is 222 g/mol. The largest absolute Gasteiger partial charge is 0.508 e. The number of carboxylic acid groups (broad SMARTS) is 1. The van der Waals surface area contributed by atoms with Gasteiger partial charge < -0.3 is 15.1 Å². The van der Waals surface area contributed by atoms with E-state index >= 15 is 0 Å². The van der Waals surface area contributed by atoms with Gasteiger partial charge in [-0.3, -0.25) is 9.59 Å². The maximum atomic E-state index is 12.0. The lowest BCUT2D eigenvalue weighted by Crippen LogP contribution is -2.38. The number of benzene rings is 1. The Labute approximate surface area is 98.3 Å². The topological polar surface area (TPSA) is 77.8 Å². The summed E-state index contributed by atoms with van der Waals surface area (Å²) in [6.45, 7) is 0. The minimum absolute atomic E-state index is 0.106. The number of hydrogen-bond donors (Lipinski definition) is 2. The lowest BCUT2D eigenvalue weighted by Gasteiger charge is -2.21. The second kappa shape index (κ2) is 3.76. The Balaban J connectivity index is 2.21. The minimum Gasteiger partial charge on any atom is -0.508 e. The molecule has 0 heterocycles. The highest BCUT2D eigenvalue weighted by Crippen LogP contribution is 2.47. The Bertz CT molecular complexity index is 462. The predicted molar refractivity (Wildman–Crippen MR) is 60.8 cm³/mol. The van der Waals surface area contributed by atoms with E-state index in [-0.39, 0.29) is 5.75 Å². The van der Waals surface area contributed by atoms with Gasteiger partial charge in [0.2, 0.25) is 5.91 Å². The molecule has 0 unspecified atom stereocenters. The number of phenolic OH excluding ortho intramolecular Hbond substituents is 1. The van der Waals surface area contributed by atoms with E-state index in [1.54, 1.807) is 12.1 Å². The standard InChI is InChI=1S/C12H13NO4/c1-13(8-2-4-9(14)5-3-8)10(15)12(6-7-12)11(16)17/h2-5,14H,6-7H2,1H3,(H,16,17). The molecule has 1 aromatic carbocycles. The molecule has 2 N–H and O–H groups in total. The molecule has 17 heavy (non-hydrogen) atoms. The van der Waals surface area contributed by atoms with E-state index in [0.29, 0.717) is 18.5 Å². The summed E-state index contributed by atoms with van der Waals surface area (Å²) in [5.41, 5.74) is -0.660. The van der Waals surface area contributed by atoms with Crippen LogP contribution >= 0.6 is 0 Å².